The van der Waals surface area contributed by atoms with E-state index in [-0.39, 0.29) is 0 Å². The van der Waals surface area contributed by atoms with Crippen LogP contribution in [0.1, 0.15) is 5.56 Å². The number of pyridine rings is 1. The van der Waals surface area contributed by atoms with Crippen molar-refractivity contribution in [2.24, 2.45) is 0 Å². The standard InChI is InChI=1S/C11H8N2O/c1-2-9-10(12-6-1)4-3-8-5-7-13-14-11(8)9/h1-7,13H. The zero-order chi connectivity index (χ0) is 9.38. The van der Waals surface area contributed by atoms with Gasteiger partial charge in [0.15, 0.2) is 5.75 Å². The molecule has 2 aromatic rings. The molecule has 0 spiro atoms. The molecule has 0 amide bonds. The number of hydrogen-bond acceptors (Lipinski definition) is 3. The van der Waals surface area contributed by atoms with Gasteiger partial charge in [-0.1, -0.05) is 0 Å². The second kappa shape index (κ2) is 2.73. The van der Waals surface area contributed by atoms with E-state index < -0.39 is 0 Å². The van der Waals surface area contributed by atoms with E-state index in [1.807, 2.05) is 30.3 Å². The molecular formula is C11H8N2O. The van der Waals surface area contributed by atoms with Gasteiger partial charge in [-0.15, -0.1) is 0 Å². The van der Waals surface area contributed by atoms with E-state index in [1.54, 1.807) is 12.4 Å². The van der Waals surface area contributed by atoms with Gasteiger partial charge in [0.25, 0.3) is 0 Å². The minimum absolute atomic E-state index is 0.845. The lowest BCUT2D eigenvalue weighted by Crippen LogP contribution is -2.14. The molecule has 0 fully saturated rings. The van der Waals surface area contributed by atoms with Crippen molar-refractivity contribution in [2.75, 3.05) is 0 Å². The van der Waals surface area contributed by atoms with Crippen LogP contribution in [0.25, 0.3) is 17.0 Å². The number of fused-ring (bicyclic) bond motifs is 3. The molecule has 3 nitrogen and oxygen atoms in total. The van der Waals surface area contributed by atoms with Gasteiger partial charge in [-0.05, 0) is 30.3 Å². The molecule has 1 aromatic heterocycles. The normalized spacial score (nSPS) is 13.1. The topological polar surface area (TPSA) is 34.1 Å². The Hall–Kier alpha value is -2.03. The first-order valence-corrected chi connectivity index (χ1v) is 4.42. The molecule has 0 aliphatic carbocycles. The SMILES string of the molecule is C1=Cc2ccc3ncccc3c2ON1. The van der Waals surface area contributed by atoms with E-state index in [1.165, 1.54) is 0 Å². The molecule has 0 unspecified atom stereocenters. The van der Waals surface area contributed by atoms with Gasteiger partial charge in [0.2, 0.25) is 0 Å². The van der Waals surface area contributed by atoms with Crippen molar-refractivity contribution in [1.82, 2.24) is 10.5 Å². The quantitative estimate of drug-likeness (QED) is 0.680. The first-order chi connectivity index (χ1) is 6.95. The first-order valence-electron chi connectivity index (χ1n) is 4.42. The van der Waals surface area contributed by atoms with Crippen LogP contribution in [0.15, 0.2) is 36.7 Å². The summed E-state index contributed by atoms with van der Waals surface area (Å²) in [4.78, 5) is 9.62. The molecule has 0 saturated carbocycles. The average molecular weight is 184 g/mol. The summed E-state index contributed by atoms with van der Waals surface area (Å²) in [5.74, 6) is 0.845. The summed E-state index contributed by atoms with van der Waals surface area (Å²) >= 11 is 0. The number of aromatic nitrogens is 1. The van der Waals surface area contributed by atoms with Crippen molar-refractivity contribution in [3.05, 3.63) is 42.2 Å². The van der Waals surface area contributed by atoms with Crippen molar-refractivity contribution in [2.45, 2.75) is 0 Å². The maximum atomic E-state index is 5.36. The molecule has 3 rings (SSSR count). The number of nitrogens with one attached hydrogen (secondary N) is 1. The molecule has 0 bridgehead atoms. The van der Waals surface area contributed by atoms with Gasteiger partial charge in [-0.2, -0.15) is 0 Å². The summed E-state index contributed by atoms with van der Waals surface area (Å²) in [5.41, 5.74) is 4.75. The van der Waals surface area contributed by atoms with Gasteiger partial charge in [0.1, 0.15) is 0 Å². The van der Waals surface area contributed by atoms with E-state index in [9.17, 15) is 0 Å². The minimum atomic E-state index is 0.845. The highest BCUT2D eigenvalue weighted by Gasteiger charge is 2.09. The average Bonchev–Trinajstić information content (AvgIpc) is 2.29. The van der Waals surface area contributed by atoms with Gasteiger partial charge >= 0.3 is 0 Å². The molecule has 3 heteroatoms. The summed E-state index contributed by atoms with van der Waals surface area (Å²) in [7, 11) is 0. The van der Waals surface area contributed by atoms with Crippen LogP contribution in [0.5, 0.6) is 5.75 Å². The van der Waals surface area contributed by atoms with Crippen LogP contribution in [0.3, 0.4) is 0 Å². The Morgan fingerprint density at radius 2 is 2.21 bits per heavy atom. The van der Waals surface area contributed by atoms with Crippen molar-refractivity contribution in [3.63, 3.8) is 0 Å². The Bertz CT molecular complexity index is 520. The molecule has 1 aromatic carbocycles. The zero-order valence-electron chi connectivity index (χ0n) is 7.40. The van der Waals surface area contributed by atoms with E-state index in [0.29, 0.717) is 0 Å². The van der Waals surface area contributed by atoms with Gasteiger partial charge in [-0.25, -0.2) is 5.48 Å². The van der Waals surface area contributed by atoms with Crippen LogP contribution in [0.4, 0.5) is 0 Å². The fourth-order valence-electron chi connectivity index (χ4n) is 1.60. The van der Waals surface area contributed by atoms with E-state index >= 15 is 0 Å². The van der Waals surface area contributed by atoms with Gasteiger partial charge < -0.3 is 4.84 Å². The molecule has 68 valence electrons. The molecule has 1 aliphatic heterocycles. The van der Waals surface area contributed by atoms with E-state index in [2.05, 4.69) is 10.5 Å². The number of benzene rings is 1. The maximum absolute atomic E-state index is 5.36. The number of nitrogens with zero attached hydrogens (tertiary/aromatic N) is 1. The van der Waals surface area contributed by atoms with E-state index in [4.69, 9.17) is 4.84 Å². The second-order valence-corrected chi connectivity index (χ2v) is 3.11. The Morgan fingerprint density at radius 1 is 1.21 bits per heavy atom. The third kappa shape index (κ3) is 0.956. The maximum Gasteiger partial charge on any atom is 0.171 e. The van der Waals surface area contributed by atoms with Crippen LogP contribution in [-0.2, 0) is 0 Å². The highest BCUT2D eigenvalue weighted by atomic mass is 16.6. The second-order valence-electron chi connectivity index (χ2n) is 3.11. The third-order valence-electron chi connectivity index (χ3n) is 2.26. The monoisotopic (exact) mass is 184 g/mol. The molecule has 0 radical (unpaired) electrons. The Labute approximate surface area is 81.0 Å². The van der Waals surface area contributed by atoms with Crippen molar-refractivity contribution < 1.29 is 4.84 Å². The molecule has 2 heterocycles. The molecule has 14 heavy (non-hydrogen) atoms. The lowest BCUT2D eigenvalue weighted by atomic mass is 10.1. The van der Waals surface area contributed by atoms with Crippen molar-refractivity contribution in [3.8, 4) is 5.75 Å². The van der Waals surface area contributed by atoms with Crippen LogP contribution in [0.2, 0.25) is 0 Å². The Kier molecular flexibility index (Phi) is 1.44. The predicted molar refractivity (Wildman–Crippen MR) is 54.5 cm³/mol. The van der Waals surface area contributed by atoms with Gasteiger partial charge in [0, 0.05) is 23.3 Å². The lowest BCUT2D eigenvalue weighted by Gasteiger charge is -2.14. The zero-order valence-corrected chi connectivity index (χ0v) is 7.40. The fourth-order valence-corrected chi connectivity index (χ4v) is 1.60. The lowest BCUT2D eigenvalue weighted by molar-refractivity contribution is 0.242. The Morgan fingerprint density at radius 3 is 3.21 bits per heavy atom. The summed E-state index contributed by atoms with van der Waals surface area (Å²) in [6.07, 6.45) is 5.52. The van der Waals surface area contributed by atoms with E-state index in [0.717, 1.165) is 22.2 Å². The fraction of sp³-hybridized carbons (Fsp3) is 0. The van der Waals surface area contributed by atoms with Gasteiger partial charge in [0.05, 0.1) is 5.52 Å². The molecule has 1 N–H and O–H groups in total. The summed E-state index contributed by atoms with van der Waals surface area (Å²) in [6.45, 7) is 0. The third-order valence-corrected chi connectivity index (χ3v) is 2.26. The van der Waals surface area contributed by atoms with Crippen molar-refractivity contribution >= 4 is 17.0 Å². The minimum Gasteiger partial charge on any atom is -0.381 e. The highest BCUT2D eigenvalue weighted by Crippen LogP contribution is 2.30. The summed E-state index contributed by atoms with van der Waals surface area (Å²) < 4.78 is 0. The van der Waals surface area contributed by atoms with Crippen molar-refractivity contribution in [1.29, 1.82) is 0 Å². The number of rotatable bonds is 0. The van der Waals surface area contributed by atoms with Gasteiger partial charge in [-0.3, -0.25) is 4.98 Å². The van der Waals surface area contributed by atoms with Crippen LogP contribution >= 0.6 is 0 Å². The van der Waals surface area contributed by atoms with Crippen LogP contribution in [0, 0.1) is 0 Å². The predicted octanol–water partition coefficient (Wildman–Crippen LogP) is 2.10. The smallest absolute Gasteiger partial charge is 0.171 e. The largest absolute Gasteiger partial charge is 0.381 e. The highest BCUT2D eigenvalue weighted by molar-refractivity contribution is 5.89. The number of hydroxylamine groups is 1. The molecule has 0 saturated heterocycles. The summed E-state index contributed by atoms with van der Waals surface area (Å²) in [6, 6.07) is 7.90. The first kappa shape index (κ1) is 7.38. The molecule has 0 atom stereocenters. The van der Waals surface area contributed by atoms with Crippen LogP contribution in [-0.4, -0.2) is 4.98 Å². The number of hydrogen-bond donors (Lipinski definition) is 1. The molecular weight excluding hydrogens is 176 g/mol. The Balaban J connectivity index is 2.41. The summed E-state index contributed by atoms with van der Waals surface area (Å²) in [5, 5.41) is 1.03. The van der Waals surface area contributed by atoms with Crippen LogP contribution < -0.4 is 10.3 Å². The molecule has 1 aliphatic rings.